The Hall–Kier alpha value is -3.80. The molecule has 0 amide bonds. The Kier molecular flexibility index (Phi) is 4.89. The smallest absolute Gasteiger partial charge is 0.353 e. The van der Waals surface area contributed by atoms with E-state index in [1.807, 2.05) is 42.8 Å². The van der Waals surface area contributed by atoms with E-state index in [0.29, 0.717) is 23.2 Å². The van der Waals surface area contributed by atoms with Crippen LogP contribution in [-0.2, 0) is 6.54 Å². The second-order valence-corrected chi connectivity index (χ2v) is 8.83. The Morgan fingerprint density at radius 2 is 1.67 bits per heavy atom. The first-order chi connectivity index (χ1) is 15.8. The van der Waals surface area contributed by atoms with Crippen LogP contribution in [0, 0.1) is 12.7 Å². The Labute approximate surface area is 190 Å². The summed E-state index contributed by atoms with van der Waals surface area (Å²) in [6.07, 6.45) is 3.65. The van der Waals surface area contributed by atoms with Crippen molar-refractivity contribution in [1.82, 2.24) is 14.5 Å². The van der Waals surface area contributed by atoms with Gasteiger partial charge in [0.2, 0.25) is 0 Å². The van der Waals surface area contributed by atoms with E-state index in [4.69, 9.17) is 0 Å². The molecule has 0 fully saturated rings. The highest BCUT2D eigenvalue weighted by Crippen LogP contribution is 2.46. The quantitative estimate of drug-likeness (QED) is 0.272. The highest BCUT2D eigenvalue weighted by molar-refractivity contribution is 6.07. The van der Waals surface area contributed by atoms with Crippen molar-refractivity contribution in [1.29, 1.82) is 0 Å². The van der Waals surface area contributed by atoms with E-state index in [9.17, 15) is 14.3 Å². The zero-order valence-corrected chi connectivity index (χ0v) is 19.1. The van der Waals surface area contributed by atoms with Crippen LogP contribution in [-0.4, -0.2) is 25.6 Å². The molecular weight excluding hydrogens is 417 g/mol. The maximum Gasteiger partial charge on any atom is 0.353 e. The number of fused-ring (bicyclic) bond motifs is 2. The largest absolute Gasteiger partial charge is 0.477 e. The van der Waals surface area contributed by atoms with Crippen molar-refractivity contribution < 1.29 is 14.3 Å². The molecule has 0 saturated heterocycles. The maximum atomic E-state index is 14.7. The summed E-state index contributed by atoms with van der Waals surface area (Å²) in [6, 6.07) is 11.0. The molecule has 0 atom stereocenters. The van der Waals surface area contributed by atoms with Crippen molar-refractivity contribution >= 4 is 27.8 Å². The molecule has 0 saturated carbocycles. The summed E-state index contributed by atoms with van der Waals surface area (Å²) in [4.78, 5) is 19.1. The van der Waals surface area contributed by atoms with Crippen LogP contribution in [0.3, 0.4) is 0 Å². The molecule has 5 rings (SSSR count). The lowest BCUT2D eigenvalue weighted by molar-refractivity contribution is 0.0686. The number of aryl methyl sites for hydroxylation is 1. The second-order valence-electron chi connectivity index (χ2n) is 8.83. The van der Waals surface area contributed by atoms with Gasteiger partial charge in [0.1, 0.15) is 11.5 Å². The number of rotatable bonds is 5. The molecule has 3 N–H and O–H groups in total. The summed E-state index contributed by atoms with van der Waals surface area (Å²) in [6.45, 7) is 8.51. The number of aromatic amines is 2. The van der Waals surface area contributed by atoms with Gasteiger partial charge < -0.3 is 19.6 Å². The molecule has 5 aromatic rings. The molecule has 2 aromatic carbocycles. The van der Waals surface area contributed by atoms with Crippen LogP contribution in [0.1, 0.15) is 48.3 Å². The number of aromatic nitrogens is 3. The summed E-state index contributed by atoms with van der Waals surface area (Å²) in [7, 11) is 0. The molecule has 0 aliphatic heterocycles. The lowest BCUT2D eigenvalue weighted by atomic mass is 9.88. The van der Waals surface area contributed by atoms with Crippen LogP contribution in [0.2, 0.25) is 0 Å². The number of hydrogen-bond acceptors (Lipinski definition) is 1. The lowest BCUT2D eigenvalue weighted by Gasteiger charge is -2.15. The summed E-state index contributed by atoms with van der Waals surface area (Å²) < 4.78 is 16.5. The number of H-pyrrole nitrogens is 2. The van der Waals surface area contributed by atoms with E-state index < -0.39 is 5.97 Å². The molecule has 0 unspecified atom stereocenters. The fourth-order valence-electron chi connectivity index (χ4n) is 5.15. The highest BCUT2D eigenvalue weighted by atomic mass is 19.1. The highest BCUT2D eigenvalue weighted by Gasteiger charge is 2.31. The first kappa shape index (κ1) is 21.1. The first-order valence-corrected chi connectivity index (χ1v) is 11.2. The van der Waals surface area contributed by atoms with Crippen LogP contribution in [0.25, 0.3) is 44.2 Å². The van der Waals surface area contributed by atoms with Gasteiger partial charge in [0.25, 0.3) is 0 Å². The van der Waals surface area contributed by atoms with Crippen LogP contribution < -0.4 is 0 Å². The number of carbonyl (C=O) groups is 1. The van der Waals surface area contributed by atoms with Gasteiger partial charge in [-0.2, -0.15) is 0 Å². The van der Waals surface area contributed by atoms with Crippen molar-refractivity contribution in [2.45, 2.75) is 40.2 Å². The number of halogens is 1. The SMILES string of the molecule is CCn1c(C(=O)O)c(-c2cc(C)cc3[nH]ccc23)c(C(C)C)c1-c1cc(F)cc2[nH]ccc12. The summed E-state index contributed by atoms with van der Waals surface area (Å²) in [5.74, 6) is -1.35. The molecule has 5 nitrogen and oxygen atoms in total. The zero-order valence-electron chi connectivity index (χ0n) is 19.1. The van der Waals surface area contributed by atoms with Crippen LogP contribution >= 0.6 is 0 Å². The van der Waals surface area contributed by atoms with E-state index in [-0.39, 0.29) is 17.4 Å². The van der Waals surface area contributed by atoms with Gasteiger partial charge in [-0.05, 0) is 66.8 Å². The molecule has 168 valence electrons. The molecule has 3 aromatic heterocycles. The third-order valence-electron chi connectivity index (χ3n) is 6.37. The second kappa shape index (κ2) is 7.66. The predicted molar refractivity (Wildman–Crippen MR) is 130 cm³/mol. The molecular formula is C27H26FN3O2. The van der Waals surface area contributed by atoms with Crippen LogP contribution in [0.4, 0.5) is 4.39 Å². The number of carboxylic acids is 1. The minimum atomic E-state index is -0.994. The maximum absolute atomic E-state index is 14.7. The van der Waals surface area contributed by atoms with E-state index >= 15 is 0 Å². The fourth-order valence-corrected chi connectivity index (χ4v) is 5.15. The normalized spacial score (nSPS) is 11.8. The summed E-state index contributed by atoms with van der Waals surface area (Å²) in [5.41, 5.74) is 6.87. The summed E-state index contributed by atoms with van der Waals surface area (Å²) in [5, 5.41) is 12.3. The number of aromatic carboxylic acids is 1. The molecule has 0 spiro atoms. The van der Waals surface area contributed by atoms with Crippen LogP contribution in [0.5, 0.6) is 0 Å². The van der Waals surface area contributed by atoms with Gasteiger partial charge in [-0.3, -0.25) is 0 Å². The third kappa shape index (κ3) is 3.17. The first-order valence-electron chi connectivity index (χ1n) is 11.2. The van der Waals surface area contributed by atoms with Crippen LogP contribution in [0.15, 0.2) is 48.8 Å². The van der Waals surface area contributed by atoms with Gasteiger partial charge >= 0.3 is 5.97 Å². The average Bonchev–Trinajstić information content (AvgIpc) is 3.48. The standard InChI is InChI=1S/C27H26FN3O2/c1-5-31-25(20-12-16(28)13-22-18(20)7-9-30-22)23(14(2)3)24(26(31)27(32)33)19-10-15(4)11-21-17(19)6-8-29-21/h6-14,29-30H,5H2,1-4H3,(H,32,33). The van der Waals surface area contributed by atoms with Gasteiger partial charge in [0.15, 0.2) is 0 Å². The lowest BCUT2D eigenvalue weighted by Crippen LogP contribution is -2.09. The predicted octanol–water partition coefficient (Wildman–Crippen LogP) is 7.07. The Balaban J connectivity index is 2.00. The number of carboxylic acid groups (broad SMARTS) is 1. The van der Waals surface area contributed by atoms with Gasteiger partial charge in [-0.25, -0.2) is 9.18 Å². The van der Waals surface area contributed by atoms with E-state index in [0.717, 1.165) is 38.7 Å². The fraction of sp³-hybridized carbons (Fsp3) is 0.222. The molecule has 0 radical (unpaired) electrons. The van der Waals surface area contributed by atoms with Crippen molar-refractivity contribution in [2.75, 3.05) is 0 Å². The number of benzene rings is 2. The number of hydrogen-bond donors (Lipinski definition) is 3. The third-order valence-corrected chi connectivity index (χ3v) is 6.37. The minimum Gasteiger partial charge on any atom is -0.477 e. The molecule has 3 heterocycles. The Bertz CT molecular complexity index is 1530. The number of nitrogens with one attached hydrogen (secondary N) is 2. The van der Waals surface area contributed by atoms with Gasteiger partial charge in [0, 0.05) is 51.9 Å². The average molecular weight is 444 g/mol. The van der Waals surface area contributed by atoms with E-state index in [1.54, 1.807) is 6.20 Å². The molecule has 0 aliphatic carbocycles. The van der Waals surface area contributed by atoms with Crippen molar-refractivity contribution in [3.05, 3.63) is 71.4 Å². The van der Waals surface area contributed by atoms with Gasteiger partial charge in [0.05, 0.1) is 5.69 Å². The topological polar surface area (TPSA) is 73.8 Å². The van der Waals surface area contributed by atoms with Crippen molar-refractivity contribution in [2.24, 2.45) is 0 Å². The minimum absolute atomic E-state index is 0.00710. The van der Waals surface area contributed by atoms with Gasteiger partial charge in [-0.1, -0.05) is 19.9 Å². The van der Waals surface area contributed by atoms with Crippen molar-refractivity contribution in [3.63, 3.8) is 0 Å². The number of nitrogens with zero attached hydrogens (tertiary/aromatic N) is 1. The van der Waals surface area contributed by atoms with Crippen molar-refractivity contribution in [3.8, 4) is 22.4 Å². The summed E-state index contributed by atoms with van der Waals surface area (Å²) >= 11 is 0. The van der Waals surface area contributed by atoms with E-state index in [2.05, 4.69) is 29.9 Å². The monoisotopic (exact) mass is 443 g/mol. The Morgan fingerprint density at radius 1 is 1.03 bits per heavy atom. The molecule has 33 heavy (non-hydrogen) atoms. The zero-order chi connectivity index (χ0) is 23.4. The molecule has 6 heteroatoms. The molecule has 0 bridgehead atoms. The van der Waals surface area contributed by atoms with Gasteiger partial charge in [-0.15, -0.1) is 0 Å². The van der Waals surface area contributed by atoms with E-state index in [1.165, 1.54) is 12.1 Å². The Morgan fingerprint density at radius 3 is 2.27 bits per heavy atom. The molecule has 0 aliphatic rings.